The number of amides is 1. The molecule has 4 rings (SSSR count). The number of nitrogens with one attached hydrogen (secondary N) is 1. The number of pyridine rings is 2. The molecule has 1 aliphatic heterocycles. The fraction of sp³-hybridized carbons (Fsp3) is 0.393. The number of rotatable bonds is 10. The number of aromatic nitrogens is 2. The zero-order chi connectivity index (χ0) is 28.0. The van der Waals surface area contributed by atoms with Gasteiger partial charge in [0.1, 0.15) is 23.7 Å². The quantitative estimate of drug-likeness (QED) is 0.360. The van der Waals surface area contributed by atoms with Crippen molar-refractivity contribution in [2.45, 2.75) is 51.2 Å². The summed E-state index contributed by atoms with van der Waals surface area (Å²) in [6, 6.07) is 11.6. The molecule has 1 saturated heterocycles. The van der Waals surface area contributed by atoms with Gasteiger partial charge in [-0.3, -0.25) is 4.79 Å². The highest BCUT2D eigenvalue weighted by Gasteiger charge is 2.25. The number of hydrogen-bond donors (Lipinski definition) is 1. The standard InChI is InChI=1S/C28H32FN3O6S.2H2/c1-18(2)16-37-23-14-20(13-21(29)15-23)25-11-10-24(28(31-25)38-17-22-8-4-5-12-36-22)27(33)32-39(34,35)26-9-6-7-19(3)30-26;;/h6-7,9-11,13-15,18,22H,4-5,8,12,16-17H2,1-3H3,(H,32,33);2*1H. The minimum Gasteiger partial charge on any atom is -0.493 e. The van der Waals surface area contributed by atoms with Crippen molar-refractivity contribution in [2.75, 3.05) is 19.8 Å². The van der Waals surface area contributed by atoms with Crippen LogP contribution in [-0.2, 0) is 14.8 Å². The van der Waals surface area contributed by atoms with Crippen LogP contribution in [0.15, 0.2) is 53.6 Å². The summed E-state index contributed by atoms with van der Waals surface area (Å²) >= 11 is 0. The zero-order valence-electron chi connectivity index (χ0n) is 22.1. The van der Waals surface area contributed by atoms with Gasteiger partial charge in [0.25, 0.3) is 15.9 Å². The van der Waals surface area contributed by atoms with Crippen LogP contribution in [0.5, 0.6) is 11.6 Å². The molecule has 1 fully saturated rings. The Labute approximate surface area is 230 Å². The molecule has 9 nitrogen and oxygen atoms in total. The van der Waals surface area contributed by atoms with Crippen molar-refractivity contribution >= 4 is 15.9 Å². The molecule has 212 valence electrons. The third-order valence-electron chi connectivity index (χ3n) is 5.90. The Bertz CT molecular complexity index is 1440. The highest BCUT2D eigenvalue weighted by molar-refractivity contribution is 7.90. The van der Waals surface area contributed by atoms with E-state index in [1.165, 1.54) is 36.4 Å². The number of carbonyl (C=O) groups is 1. The molecule has 0 spiro atoms. The van der Waals surface area contributed by atoms with Crippen LogP contribution in [0.3, 0.4) is 0 Å². The van der Waals surface area contributed by atoms with E-state index in [4.69, 9.17) is 14.2 Å². The summed E-state index contributed by atoms with van der Waals surface area (Å²) in [7, 11) is -4.25. The van der Waals surface area contributed by atoms with Crippen LogP contribution in [0.2, 0.25) is 0 Å². The molecule has 0 aliphatic carbocycles. The number of carbonyl (C=O) groups excluding carboxylic acids is 1. The summed E-state index contributed by atoms with van der Waals surface area (Å²) in [5.41, 5.74) is 1.12. The maximum absolute atomic E-state index is 14.4. The SMILES string of the molecule is Cc1cccc(S(=O)(=O)NC(=O)c2ccc(-c3cc(F)cc(OCC(C)C)c3)nc2OCC2CCCCO2)n1.[HH].[HH]. The first kappa shape index (κ1) is 28.4. The molecule has 0 bridgehead atoms. The smallest absolute Gasteiger partial charge is 0.281 e. The minimum atomic E-state index is -4.25. The molecule has 11 heteroatoms. The van der Waals surface area contributed by atoms with E-state index in [1.54, 1.807) is 19.1 Å². The summed E-state index contributed by atoms with van der Waals surface area (Å²) in [5.74, 6) is -0.944. The van der Waals surface area contributed by atoms with Crippen molar-refractivity contribution in [3.8, 4) is 22.9 Å². The largest absolute Gasteiger partial charge is 0.493 e. The van der Waals surface area contributed by atoms with Crippen molar-refractivity contribution in [1.82, 2.24) is 14.7 Å². The van der Waals surface area contributed by atoms with E-state index in [2.05, 4.69) is 9.97 Å². The van der Waals surface area contributed by atoms with Gasteiger partial charge in [0.15, 0.2) is 5.03 Å². The molecule has 3 aromatic rings. The fourth-order valence-electron chi connectivity index (χ4n) is 3.95. The zero-order valence-corrected chi connectivity index (χ0v) is 23.0. The number of halogens is 1. The molecule has 39 heavy (non-hydrogen) atoms. The molecule has 1 amide bonds. The molecular weight excluding hydrogens is 525 g/mol. The van der Waals surface area contributed by atoms with E-state index < -0.39 is 21.7 Å². The van der Waals surface area contributed by atoms with Crippen LogP contribution in [0.1, 0.15) is 52.0 Å². The van der Waals surface area contributed by atoms with E-state index in [0.717, 1.165) is 19.3 Å². The predicted molar refractivity (Wildman–Crippen MR) is 147 cm³/mol. The van der Waals surface area contributed by atoms with Gasteiger partial charge < -0.3 is 14.2 Å². The summed E-state index contributed by atoms with van der Waals surface area (Å²) in [5, 5.41) is -0.285. The topological polar surface area (TPSA) is 117 Å². The molecule has 1 aromatic carbocycles. The van der Waals surface area contributed by atoms with Gasteiger partial charge in [-0.1, -0.05) is 19.9 Å². The number of ether oxygens (including phenoxy) is 3. The van der Waals surface area contributed by atoms with Crippen LogP contribution in [0, 0.1) is 18.7 Å². The lowest BCUT2D eigenvalue weighted by Crippen LogP contribution is -2.32. The van der Waals surface area contributed by atoms with Crippen LogP contribution < -0.4 is 14.2 Å². The summed E-state index contributed by atoms with van der Waals surface area (Å²) in [6.45, 7) is 6.76. The van der Waals surface area contributed by atoms with Gasteiger partial charge in [-0.2, -0.15) is 8.42 Å². The summed E-state index contributed by atoms with van der Waals surface area (Å²) in [4.78, 5) is 21.6. The molecule has 0 saturated carbocycles. The third kappa shape index (κ3) is 7.73. The first-order valence-electron chi connectivity index (χ1n) is 12.8. The van der Waals surface area contributed by atoms with Crippen LogP contribution >= 0.6 is 0 Å². The molecular formula is C28H36FN3O6S. The van der Waals surface area contributed by atoms with Gasteiger partial charge in [-0.15, -0.1) is 0 Å². The number of aryl methyl sites for hydroxylation is 1. The molecule has 1 N–H and O–H groups in total. The number of benzene rings is 1. The average molecular weight is 562 g/mol. The van der Waals surface area contributed by atoms with Gasteiger partial charge in [0.2, 0.25) is 5.88 Å². The fourth-order valence-corrected chi connectivity index (χ4v) is 4.93. The molecule has 3 heterocycles. The number of nitrogens with zero attached hydrogens (tertiary/aromatic N) is 2. The lowest BCUT2D eigenvalue weighted by atomic mass is 10.1. The Balaban J connectivity index is 0.00000294. The van der Waals surface area contributed by atoms with Crippen molar-refractivity contribution in [1.29, 1.82) is 0 Å². The van der Waals surface area contributed by atoms with E-state index in [0.29, 0.717) is 35.9 Å². The van der Waals surface area contributed by atoms with Crippen LogP contribution in [0.4, 0.5) is 4.39 Å². The molecule has 1 atom stereocenters. The van der Waals surface area contributed by atoms with E-state index in [9.17, 15) is 17.6 Å². The minimum absolute atomic E-state index is 0. The van der Waals surface area contributed by atoms with E-state index >= 15 is 0 Å². The second kappa shape index (κ2) is 12.5. The Hall–Kier alpha value is -3.57. The summed E-state index contributed by atoms with van der Waals surface area (Å²) < 4.78 is 59.4. The van der Waals surface area contributed by atoms with Crippen LogP contribution in [-0.4, -0.2) is 50.2 Å². The van der Waals surface area contributed by atoms with Crippen LogP contribution in [0.25, 0.3) is 11.3 Å². The van der Waals surface area contributed by atoms with Gasteiger partial charge in [-0.25, -0.2) is 19.1 Å². The lowest BCUT2D eigenvalue weighted by molar-refractivity contribution is -0.0120. The van der Waals surface area contributed by atoms with E-state index in [-0.39, 0.29) is 38.0 Å². The van der Waals surface area contributed by atoms with Gasteiger partial charge in [-0.05, 0) is 68.5 Å². The number of hydrogen-bond acceptors (Lipinski definition) is 8. The predicted octanol–water partition coefficient (Wildman–Crippen LogP) is 5.18. The number of sulfonamides is 1. The highest BCUT2D eigenvalue weighted by Crippen LogP contribution is 2.29. The molecule has 0 radical (unpaired) electrons. The van der Waals surface area contributed by atoms with Crippen molar-refractivity contribution < 1.29 is 34.7 Å². The maximum Gasteiger partial charge on any atom is 0.281 e. The van der Waals surface area contributed by atoms with Crippen molar-refractivity contribution in [3.63, 3.8) is 0 Å². The monoisotopic (exact) mass is 561 g/mol. The molecule has 2 aromatic heterocycles. The summed E-state index contributed by atoms with van der Waals surface area (Å²) in [6.07, 6.45) is 2.54. The first-order chi connectivity index (χ1) is 18.6. The Morgan fingerprint density at radius 2 is 1.97 bits per heavy atom. The lowest BCUT2D eigenvalue weighted by Gasteiger charge is -2.23. The third-order valence-corrected chi connectivity index (χ3v) is 7.13. The Morgan fingerprint density at radius 1 is 1.15 bits per heavy atom. The van der Waals surface area contributed by atoms with Gasteiger partial charge >= 0.3 is 0 Å². The van der Waals surface area contributed by atoms with E-state index in [1.807, 2.05) is 18.6 Å². The maximum atomic E-state index is 14.4. The normalized spacial score (nSPS) is 15.7. The second-order valence-corrected chi connectivity index (χ2v) is 11.4. The first-order valence-corrected chi connectivity index (χ1v) is 14.3. The van der Waals surface area contributed by atoms with Crippen molar-refractivity contribution in [2.24, 2.45) is 5.92 Å². The molecule has 1 aliphatic rings. The molecule has 1 unspecified atom stereocenters. The highest BCUT2D eigenvalue weighted by atomic mass is 32.2. The van der Waals surface area contributed by atoms with Gasteiger partial charge in [0.05, 0.1) is 18.4 Å². The Kier molecular flexibility index (Phi) is 9.13. The van der Waals surface area contributed by atoms with Gasteiger partial charge in [0, 0.05) is 26.8 Å². The Morgan fingerprint density at radius 3 is 2.69 bits per heavy atom. The second-order valence-electron chi connectivity index (χ2n) is 9.78. The van der Waals surface area contributed by atoms with Crippen molar-refractivity contribution in [3.05, 3.63) is 65.6 Å². The average Bonchev–Trinajstić information content (AvgIpc) is 2.90.